The molecule has 0 aromatic heterocycles. The molecule has 2 rings (SSSR count). The number of hydrogen-bond donors (Lipinski definition) is 1. The van der Waals surface area contributed by atoms with E-state index in [1.807, 2.05) is 18.2 Å². The van der Waals surface area contributed by atoms with Gasteiger partial charge in [-0.15, -0.1) is 0 Å². The normalized spacial score (nSPS) is 18.5. The Morgan fingerprint density at radius 2 is 2.00 bits per heavy atom. The Morgan fingerprint density at radius 3 is 2.71 bits per heavy atom. The topological polar surface area (TPSA) is 15.3 Å². The molecular formula is C14H21ClN2. The van der Waals surface area contributed by atoms with Gasteiger partial charge in [0.2, 0.25) is 0 Å². The molecule has 17 heavy (non-hydrogen) atoms. The third kappa shape index (κ3) is 3.70. The highest BCUT2D eigenvalue weighted by molar-refractivity contribution is 6.31. The zero-order valence-corrected chi connectivity index (χ0v) is 11.2. The van der Waals surface area contributed by atoms with Gasteiger partial charge >= 0.3 is 0 Å². The summed E-state index contributed by atoms with van der Waals surface area (Å²) >= 11 is 6.17. The second-order valence-electron chi connectivity index (χ2n) is 4.75. The Hall–Kier alpha value is -0.570. The fraction of sp³-hybridized carbons (Fsp3) is 0.571. The van der Waals surface area contributed by atoms with Crippen molar-refractivity contribution in [3.05, 3.63) is 34.9 Å². The maximum atomic E-state index is 6.17. The first-order chi connectivity index (χ1) is 8.27. The van der Waals surface area contributed by atoms with Crippen molar-refractivity contribution in [1.29, 1.82) is 0 Å². The van der Waals surface area contributed by atoms with E-state index in [4.69, 9.17) is 11.6 Å². The van der Waals surface area contributed by atoms with Gasteiger partial charge in [-0.3, -0.25) is 0 Å². The molecule has 0 aliphatic carbocycles. The Morgan fingerprint density at radius 1 is 1.29 bits per heavy atom. The van der Waals surface area contributed by atoms with Crippen molar-refractivity contribution in [3.63, 3.8) is 0 Å². The molecule has 1 aliphatic heterocycles. The standard InChI is InChI=1S/C14H21ClN2/c1-12(13-6-2-3-7-14(13)15)16-8-11-17-9-4-5-10-17/h2-3,6-7,12,16H,4-5,8-11H2,1H3/t12-/m1/s1. The number of halogens is 1. The SMILES string of the molecule is C[C@@H](NCCN1CCCC1)c1ccccc1Cl. The van der Waals surface area contributed by atoms with Crippen molar-refractivity contribution in [3.8, 4) is 0 Å². The van der Waals surface area contributed by atoms with E-state index in [0.29, 0.717) is 6.04 Å². The molecule has 1 heterocycles. The van der Waals surface area contributed by atoms with Gasteiger partial charge in [-0.2, -0.15) is 0 Å². The first-order valence-electron chi connectivity index (χ1n) is 6.47. The minimum absolute atomic E-state index is 0.325. The predicted octanol–water partition coefficient (Wildman–Crippen LogP) is 3.09. The van der Waals surface area contributed by atoms with Gasteiger partial charge in [-0.1, -0.05) is 29.8 Å². The summed E-state index contributed by atoms with van der Waals surface area (Å²) < 4.78 is 0. The van der Waals surface area contributed by atoms with Crippen molar-refractivity contribution in [2.75, 3.05) is 26.2 Å². The highest BCUT2D eigenvalue weighted by Gasteiger charge is 2.12. The maximum Gasteiger partial charge on any atom is 0.0453 e. The van der Waals surface area contributed by atoms with Crippen LogP contribution < -0.4 is 5.32 Å². The zero-order valence-electron chi connectivity index (χ0n) is 10.5. The van der Waals surface area contributed by atoms with Crippen LogP contribution in [0.4, 0.5) is 0 Å². The van der Waals surface area contributed by atoms with Crippen LogP contribution in [-0.2, 0) is 0 Å². The molecule has 0 saturated carbocycles. The summed E-state index contributed by atoms with van der Waals surface area (Å²) in [5.41, 5.74) is 1.19. The van der Waals surface area contributed by atoms with Gasteiger partial charge in [-0.25, -0.2) is 0 Å². The number of rotatable bonds is 5. The lowest BCUT2D eigenvalue weighted by atomic mass is 10.1. The first-order valence-corrected chi connectivity index (χ1v) is 6.85. The van der Waals surface area contributed by atoms with E-state index in [9.17, 15) is 0 Å². The van der Waals surface area contributed by atoms with E-state index < -0.39 is 0 Å². The molecule has 0 amide bonds. The summed E-state index contributed by atoms with van der Waals surface area (Å²) in [7, 11) is 0. The number of likely N-dealkylation sites (tertiary alicyclic amines) is 1. The van der Waals surface area contributed by atoms with Gasteiger partial charge < -0.3 is 10.2 Å². The summed E-state index contributed by atoms with van der Waals surface area (Å²) in [6.07, 6.45) is 2.72. The largest absolute Gasteiger partial charge is 0.309 e. The van der Waals surface area contributed by atoms with Crippen molar-refractivity contribution in [2.45, 2.75) is 25.8 Å². The molecular weight excluding hydrogens is 232 g/mol. The van der Waals surface area contributed by atoms with Gasteiger partial charge in [0, 0.05) is 24.2 Å². The molecule has 1 N–H and O–H groups in total. The Balaban J connectivity index is 1.77. The predicted molar refractivity (Wildman–Crippen MR) is 73.5 cm³/mol. The number of benzene rings is 1. The quantitative estimate of drug-likeness (QED) is 0.867. The van der Waals surface area contributed by atoms with Crippen molar-refractivity contribution in [1.82, 2.24) is 10.2 Å². The fourth-order valence-electron chi connectivity index (χ4n) is 2.38. The van der Waals surface area contributed by atoms with Crippen LogP contribution >= 0.6 is 11.6 Å². The highest BCUT2D eigenvalue weighted by atomic mass is 35.5. The molecule has 0 unspecified atom stereocenters. The lowest BCUT2D eigenvalue weighted by molar-refractivity contribution is 0.330. The van der Waals surface area contributed by atoms with E-state index in [1.54, 1.807) is 0 Å². The van der Waals surface area contributed by atoms with Crippen molar-refractivity contribution < 1.29 is 0 Å². The summed E-state index contributed by atoms with van der Waals surface area (Å²) in [5, 5.41) is 4.40. The minimum atomic E-state index is 0.325. The fourth-order valence-corrected chi connectivity index (χ4v) is 2.68. The summed E-state index contributed by atoms with van der Waals surface area (Å²) in [5.74, 6) is 0. The Bertz CT molecular complexity index is 348. The molecule has 0 bridgehead atoms. The molecule has 0 radical (unpaired) electrons. The Kier molecular flexibility index (Phi) is 4.84. The van der Waals surface area contributed by atoms with Crippen LogP contribution in [0.1, 0.15) is 31.4 Å². The molecule has 94 valence electrons. The van der Waals surface area contributed by atoms with Crippen LogP contribution in [0.25, 0.3) is 0 Å². The molecule has 1 aromatic rings. The monoisotopic (exact) mass is 252 g/mol. The molecule has 1 saturated heterocycles. The zero-order chi connectivity index (χ0) is 12.1. The van der Waals surface area contributed by atoms with E-state index in [2.05, 4.69) is 23.2 Å². The average molecular weight is 253 g/mol. The smallest absolute Gasteiger partial charge is 0.0453 e. The second kappa shape index (κ2) is 6.39. The van der Waals surface area contributed by atoms with Gasteiger partial charge in [0.25, 0.3) is 0 Å². The third-order valence-electron chi connectivity index (χ3n) is 3.45. The summed E-state index contributed by atoms with van der Waals surface area (Å²) in [4.78, 5) is 2.52. The van der Waals surface area contributed by atoms with Crippen molar-refractivity contribution >= 4 is 11.6 Å². The number of nitrogens with one attached hydrogen (secondary N) is 1. The summed E-state index contributed by atoms with van der Waals surface area (Å²) in [6.45, 7) is 6.89. The molecule has 1 atom stereocenters. The van der Waals surface area contributed by atoms with Crippen LogP contribution in [0.3, 0.4) is 0 Å². The van der Waals surface area contributed by atoms with Crippen LogP contribution in [0.2, 0.25) is 5.02 Å². The molecule has 0 spiro atoms. The van der Waals surface area contributed by atoms with E-state index >= 15 is 0 Å². The van der Waals surface area contributed by atoms with Crippen LogP contribution in [0, 0.1) is 0 Å². The van der Waals surface area contributed by atoms with Crippen LogP contribution in [-0.4, -0.2) is 31.1 Å². The molecule has 2 nitrogen and oxygen atoms in total. The lowest BCUT2D eigenvalue weighted by Crippen LogP contribution is -2.31. The summed E-state index contributed by atoms with van der Waals surface area (Å²) in [6, 6.07) is 8.39. The van der Waals surface area contributed by atoms with E-state index in [-0.39, 0.29) is 0 Å². The van der Waals surface area contributed by atoms with E-state index in [1.165, 1.54) is 31.5 Å². The minimum Gasteiger partial charge on any atom is -0.309 e. The molecule has 3 heteroatoms. The highest BCUT2D eigenvalue weighted by Crippen LogP contribution is 2.21. The van der Waals surface area contributed by atoms with E-state index in [0.717, 1.165) is 18.1 Å². The molecule has 1 aromatic carbocycles. The van der Waals surface area contributed by atoms with Gasteiger partial charge in [0.1, 0.15) is 0 Å². The lowest BCUT2D eigenvalue weighted by Gasteiger charge is -2.19. The van der Waals surface area contributed by atoms with Gasteiger partial charge in [0.15, 0.2) is 0 Å². The second-order valence-corrected chi connectivity index (χ2v) is 5.15. The first kappa shape index (κ1) is 12.9. The number of nitrogens with zero attached hydrogens (tertiary/aromatic N) is 1. The Labute approximate surface area is 109 Å². The van der Waals surface area contributed by atoms with Gasteiger partial charge in [-0.05, 0) is 44.5 Å². The van der Waals surface area contributed by atoms with Crippen molar-refractivity contribution in [2.24, 2.45) is 0 Å². The molecule has 1 fully saturated rings. The van der Waals surface area contributed by atoms with Crippen LogP contribution in [0.15, 0.2) is 24.3 Å². The van der Waals surface area contributed by atoms with Gasteiger partial charge in [0.05, 0.1) is 0 Å². The van der Waals surface area contributed by atoms with Crippen LogP contribution in [0.5, 0.6) is 0 Å². The average Bonchev–Trinajstić information content (AvgIpc) is 2.82. The number of hydrogen-bond acceptors (Lipinski definition) is 2. The third-order valence-corrected chi connectivity index (χ3v) is 3.79. The molecule has 1 aliphatic rings. The maximum absolute atomic E-state index is 6.17.